The molecule has 0 atom stereocenters. The van der Waals surface area contributed by atoms with Gasteiger partial charge in [-0.15, -0.1) is 11.3 Å². The van der Waals surface area contributed by atoms with Crippen molar-refractivity contribution in [3.8, 4) is 5.75 Å². The summed E-state index contributed by atoms with van der Waals surface area (Å²) in [6, 6.07) is 9.91. The smallest absolute Gasteiger partial charge is 0.138 e. The number of benzene rings is 1. The molecule has 0 aliphatic rings. The van der Waals surface area contributed by atoms with Gasteiger partial charge in [-0.05, 0) is 52.8 Å². The number of hydrogen-bond acceptors (Lipinski definition) is 3. The third-order valence-corrected chi connectivity index (χ3v) is 4.27. The molecule has 0 unspecified atom stereocenters. The Kier molecular flexibility index (Phi) is 5.06. The largest absolute Gasteiger partial charge is 0.487 e. The van der Waals surface area contributed by atoms with Crippen LogP contribution < -0.4 is 10.1 Å². The molecule has 0 bridgehead atoms. The highest BCUT2D eigenvalue weighted by atomic mass is 79.9. The first kappa shape index (κ1) is 13.9. The highest BCUT2D eigenvalue weighted by molar-refractivity contribution is 9.11. The Labute approximate surface area is 124 Å². The average Bonchev–Trinajstić information content (AvgIpc) is 2.74. The molecule has 96 valence electrons. The molecule has 0 radical (unpaired) electrons. The van der Waals surface area contributed by atoms with Crippen molar-refractivity contribution < 1.29 is 4.74 Å². The molecule has 2 nitrogen and oxygen atoms in total. The molecule has 5 heteroatoms. The molecule has 0 saturated carbocycles. The third-order valence-electron chi connectivity index (χ3n) is 2.38. The minimum absolute atomic E-state index is 0.543. The van der Waals surface area contributed by atoms with Gasteiger partial charge < -0.3 is 10.1 Å². The van der Waals surface area contributed by atoms with Gasteiger partial charge in [-0.2, -0.15) is 0 Å². The van der Waals surface area contributed by atoms with Gasteiger partial charge in [-0.25, -0.2) is 0 Å². The van der Waals surface area contributed by atoms with Crippen molar-refractivity contribution >= 4 is 38.9 Å². The minimum Gasteiger partial charge on any atom is -0.487 e. The SMILES string of the molecule is CNCc1ccc(OCc2ccc(Br)s2)c(Cl)c1. The van der Waals surface area contributed by atoms with Crippen LogP contribution in [0.1, 0.15) is 10.4 Å². The van der Waals surface area contributed by atoms with Crippen LogP contribution in [0, 0.1) is 0 Å². The van der Waals surface area contributed by atoms with E-state index in [0.717, 1.165) is 26.5 Å². The maximum absolute atomic E-state index is 6.18. The number of thiophene rings is 1. The molecule has 0 fully saturated rings. The lowest BCUT2D eigenvalue weighted by atomic mass is 10.2. The van der Waals surface area contributed by atoms with Gasteiger partial charge in [0.1, 0.15) is 12.4 Å². The molecule has 18 heavy (non-hydrogen) atoms. The van der Waals surface area contributed by atoms with E-state index >= 15 is 0 Å². The van der Waals surface area contributed by atoms with E-state index in [2.05, 4.69) is 21.2 Å². The van der Waals surface area contributed by atoms with Crippen LogP contribution in [0.3, 0.4) is 0 Å². The van der Waals surface area contributed by atoms with Crippen molar-refractivity contribution in [1.82, 2.24) is 5.32 Å². The van der Waals surface area contributed by atoms with Gasteiger partial charge in [0.25, 0.3) is 0 Å². The van der Waals surface area contributed by atoms with Crippen molar-refractivity contribution in [2.75, 3.05) is 7.05 Å². The molecule has 2 aromatic rings. The van der Waals surface area contributed by atoms with Crippen LogP contribution in [0.5, 0.6) is 5.75 Å². The lowest BCUT2D eigenvalue weighted by molar-refractivity contribution is 0.310. The Morgan fingerprint density at radius 3 is 2.78 bits per heavy atom. The third kappa shape index (κ3) is 3.72. The molecular weight excluding hydrogens is 334 g/mol. The number of hydrogen-bond donors (Lipinski definition) is 1. The lowest BCUT2D eigenvalue weighted by Gasteiger charge is -2.08. The maximum Gasteiger partial charge on any atom is 0.138 e. The molecule has 2 rings (SSSR count). The normalized spacial score (nSPS) is 10.6. The molecule has 0 aliphatic heterocycles. The van der Waals surface area contributed by atoms with Crippen LogP contribution >= 0.6 is 38.9 Å². The number of ether oxygens (including phenoxy) is 1. The van der Waals surface area contributed by atoms with Gasteiger partial charge in [0.15, 0.2) is 0 Å². The summed E-state index contributed by atoms with van der Waals surface area (Å²) in [6.45, 7) is 1.35. The van der Waals surface area contributed by atoms with E-state index in [0.29, 0.717) is 11.6 Å². The summed E-state index contributed by atoms with van der Waals surface area (Å²) < 4.78 is 6.81. The van der Waals surface area contributed by atoms with Gasteiger partial charge in [-0.1, -0.05) is 17.7 Å². The molecule has 1 aromatic heterocycles. The predicted octanol–water partition coefficient (Wildman–Crippen LogP) is 4.46. The summed E-state index contributed by atoms with van der Waals surface area (Å²) in [4.78, 5) is 1.16. The number of halogens is 2. The Morgan fingerprint density at radius 2 is 2.17 bits per heavy atom. The fourth-order valence-corrected chi connectivity index (χ4v) is 3.21. The van der Waals surface area contributed by atoms with E-state index in [1.807, 2.05) is 37.4 Å². The van der Waals surface area contributed by atoms with E-state index in [4.69, 9.17) is 16.3 Å². The Morgan fingerprint density at radius 1 is 1.33 bits per heavy atom. The summed E-state index contributed by atoms with van der Waals surface area (Å²) in [6.07, 6.45) is 0. The van der Waals surface area contributed by atoms with Gasteiger partial charge in [0, 0.05) is 11.4 Å². The zero-order valence-electron chi connectivity index (χ0n) is 9.87. The summed E-state index contributed by atoms with van der Waals surface area (Å²) in [5, 5.41) is 3.74. The first-order chi connectivity index (χ1) is 8.69. The maximum atomic E-state index is 6.18. The van der Waals surface area contributed by atoms with Crippen LogP contribution in [0.25, 0.3) is 0 Å². The van der Waals surface area contributed by atoms with Crippen LogP contribution in [0.15, 0.2) is 34.1 Å². The molecular formula is C13H13BrClNOS. The second-order valence-corrected chi connectivity index (χ2v) is 6.74. The first-order valence-electron chi connectivity index (χ1n) is 5.49. The van der Waals surface area contributed by atoms with Crippen molar-refractivity contribution in [3.05, 3.63) is 49.6 Å². The minimum atomic E-state index is 0.543. The molecule has 1 heterocycles. The first-order valence-corrected chi connectivity index (χ1v) is 7.48. The van der Waals surface area contributed by atoms with Crippen LogP contribution in [0.2, 0.25) is 5.02 Å². The average molecular weight is 347 g/mol. The Bertz CT molecular complexity index is 529. The zero-order chi connectivity index (χ0) is 13.0. The Hall–Kier alpha value is -0.550. The van der Waals surface area contributed by atoms with Crippen molar-refractivity contribution in [3.63, 3.8) is 0 Å². The van der Waals surface area contributed by atoms with Gasteiger partial charge in [0.2, 0.25) is 0 Å². The molecule has 0 saturated heterocycles. The summed E-state index contributed by atoms with van der Waals surface area (Å²) in [5.74, 6) is 0.723. The van der Waals surface area contributed by atoms with E-state index in [-0.39, 0.29) is 0 Å². The summed E-state index contributed by atoms with van der Waals surface area (Å²) in [5.41, 5.74) is 1.15. The second kappa shape index (κ2) is 6.57. The number of rotatable bonds is 5. The summed E-state index contributed by atoms with van der Waals surface area (Å²) in [7, 11) is 1.91. The van der Waals surface area contributed by atoms with Crippen LogP contribution in [-0.4, -0.2) is 7.05 Å². The van der Waals surface area contributed by atoms with Crippen molar-refractivity contribution in [2.45, 2.75) is 13.2 Å². The van der Waals surface area contributed by atoms with Gasteiger partial charge in [0.05, 0.1) is 8.81 Å². The quantitative estimate of drug-likeness (QED) is 0.863. The molecule has 0 spiro atoms. The number of nitrogens with one attached hydrogen (secondary N) is 1. The van der Waals surface area contributed by atoms with Crippen LogP contribution in [-0.2, 0) is 13.2 Å². The fourth-order valence-electron chi connectivity index (χ4n) is 1.55. The highest BCUT2D eigenvalue weighted by Gasteiger charge is 2.04. The van der Waals surface area contributed by atoms with Gasteiger partial charge in [-0.3, -0.25) is 0 Å². The summed E-state index contributed by atoms with van der Waals surface area (Å²) >= 11 is 11.3. The van der Waals surface area contributed by atoms with E-state index < -0.39 is 0 Å². The zero-order valence-corrected chi connectivity index (χ0v) is 13.0. The molecule has 0 amide bonds. The standard InChI is InChI=1S/C13H13BrClNOS/c1-16-7-9-2-4-12(11(15)6-9)17-8-10-3-5-13(14)18-10/h2-6,16H,7-8H2,1H3. The molecule has 1 aromatic carbocycles. The van der Waals surface area contributed by atoms with Crippen LogP contribution in [0.4, 0.5) is 0 Å². The highest BCUT2D eigenvalue weighted by Crippen LogP contribution is 2.28. The van der Waals surface area contributed by atoms with Crippen molar-refractivity contribution in [2.24, 2.45) is 0 Å². The lowest BCUT2D eigenvalue weighted by Crippen LogP contribution is -2.05. The molecule has 1 N–H and O–H groups in total. The monoisotopic (exact) mass is 345 g/mol. The fraction of sp³-hybridized carbons (Fsp3) is 0.231. The van der Waals surface area contributed by atoms with E-state index in [1.54, 1.807) is 11.3 Å². The molecule has 0 aliphatic carbocycles. The van der Waals surface area contributed by atoms with E-state index in [9.17, 15) is 0 Å². The second-order valence-electron chi connectivity index (χ2n) is 3.79. The topological polar surface area (TPSA) is 21.3 Å². The van der Waals surface area contributed by atoms with E-state index in [1.165, 1.54) is 0 Å². The predicted molar refractivity (Wildman–Crippen MR) is 80.6 cm³/mol. The van der Waals surface area contributed by atoms with Gasteiger partial charge >= 0.3 is 0 Å². The Balaban J connectivity index is 2.01. The van der Waals surface area contributed by atoms with Crippen molar-refractivity contribution in [1.29, 1.82) is 0 Å².